The van der Waals surface area contributed by atoms with Gasteiger partial charge in [-0.15, -0.1) is 0 Å². The van der Waals surface area contributed by atoms with Crippen LogP contribution in [0, 0.1) is 11.8 Å². The summed E-state index contributed by atoms with van der Waals surface area (Å²) in [5.41, 5.74) is 1.79. The Morgan fingerprint density at radius 2 is 2.23 bits per heavy atom. The van der Waals surface area contributed by atoms with E-state index >= 15 is 0 Å². The van der Waals surface area contributed by atoms with Gasteiger partial charge in [0.1, 0.15) is 12.2 Å². The van der Waals surface area contributed by atoms with E-state index in [1.54, 1.807) is 6.08 Å². The number of esters is 2. The van der Waals surface area contributed by atoms with Crippen LogP contribution in [-0.2, 0) is 19.1 Å². The largest absolute Gasteiger partial charge is 0.458 e. The Morgan fingerprint density at radius 3 is 2.86 bits per heavy atom. The summed E-state index contributed by atoms with van der Waals surface area (Å²) in [6.45, 7) is 5.05. The van der Waals surface area contributed by atoms with E-state index in [0.717, 1.165) is 12.8 Å². The van der Waals surface area contributed by atoms with E-state index in [2.05, 4.69) is 0 Å². The molecule has 1 heterocycles. The molecule has 0 saturated carbocycles. The fourth-order valence-corrected chi connectivity index (χ4v) is 3.11. The number of carbonyl (C=O) groups is 2. The molecule has 0 bridgehead atoms. The van der Waals surface area contributed by atoms with E-state index in [-0.39, 0.29) is 36.5 Å². The predicted molar refractivity (Wildman–Crippen MR) is 80.9 cm³/mol. The molecule has 1 aliphatic carbocycles. The lowest BCUT2D eigenvalue weighted by atomic mass is 9.84. The van der Waals surface area contributed by atoms with Gasteiger partial charge in [-0.25, -0.2) is 0 Å². The molecule has 2 aliphatic rings. The molecule has 0 amide bonds. The molecule has 0 spiro atoms. The molecule has 0 unspecified atom stereocenters. The smallest absolute Gasteiger partial charge is 0.309 e. The molecule has 1 N–H and O–H groups in total. The second kappa shape index (κ2) is 7.09. The molecular formula is C17H24O5. The first-order valence-electron chi connectivity index (χ1n) is 7.77. The zero-order valence-electron chi connectivity index (χ0n) is 13.4. The number of aliphatic hydroxyl groups is 1. The predicted octanol–water partition coefficient (Wildman–Crippen LogP) is 2.14. The maximum Gasteiger partial charge on any atom is 0.309 e. The maximum atomic E-state index is 11.9. The van der Waals surface area contributed by atoms with E-state index in [0.29, 0.717) is 12.0 Å². The molecule has 2 rings (SSSR count). The van der Waals surface area contributed by atoms with Gasteiger partial charge in [-0.05, 0) is 31.4 Å². The Bertz CT molecular complexity index is 505. The summed E-state index contributed by atoms with van der Waals surface area (Å²) in [5.74, 6) is -0.650. The van der Waals surface area contributed by atoms with Crippen LogP contribution < -0.4 is 0 Å². The monoisotopic (exact) mass is 308 g/mol. The van der Waals surface area contributed by atoms with Crippen LogP contribution in [-0.4, -0.2) is 35.9 Å². The van der Waals surface area contributed by atoms with Crippen LogP contribution in [0.25, 0.3) is 0 Å². The molecule has 1 saturated heterocycles. The van der Waals surface area contributed by atoms with Crippen LogP contribution >= 0.6 is 0 Å². The van der Waals surface area contributed by atoms with Crippen molar-refractivity contribution >= 4 is 11.9 Å². The number of carbonyl (C=O) groups excluding carboxylic acids is 2. The molecule has 0 radical (unpaired) electrons. The lowest BCUT2D eigenvalue weighted by molar-refractivity contribution is -0.145. The van der Waals surface area contributed by atoms with Crippen LogP contribution in [0.5, 0.6) is 0 Å². The lowest BCUT2D eigenvalue weighted by Crippen LogP contribution is -2.25. The minimum Gasteiger partial charge on any atom is -0.458 e. The molecule has 0 aromatic carbocycles. The Labute approximate surface area is 131 Å². The minimum absolute atomic E-state index is 0.0912. The summed E-state index contributed by atoms with van der Waals surface area (Å²) in [4.78, 5) is 23.2. The number of hydrogen-bond donors (Lipinski definition) is 1. The number of allylic oxidation sites excluding steroid dienone is 1. The third-order valence-electron chi connectivity index (χ3n) is 4.52. The molecule has 1 fully saturated rings. The summed E-state index contributed by atoms with van der Waals surface area (Å²) in [6, 6.07) is 0. The molecule has 22 heavy (non-hydrogen) atoms. The van der Waals surface area contributed by atoms with Crippen molar-refractivity contribution in [1.29, 1.82) is 0 Å². The van der Waals surface area contributed by atoms with Crippen LogP contribution in [0.4, 0.5) is 0 Å². The van der Waals surface area contributed by atoms with Crippen LogP contribution in [0.15, 0.2) is 23.3 Å². The molecular weight excluding hydrogens is 284 g/mol. The van der Waals surface area contributed by atoms with E-state index < -0.39 is 6.10 Å². The number of hydrogen-bond acceptors (Lipinski definition) is 5. The summed E-state index contributed by atoms with van der Waals surface area (Å²) < 4.78 is 10.8. The highest BCUT2D eigenvalue weighted by Crippen LogP contribution is 2.35. The van der Waals surface area contributed by atoms with Crippen molar-refractivity contribution in [2.75, 3.05) is 6.61 Å². The lowest BCUT2D eigenvalue weighted by Gasteiger charge is -2.23. The Hall–Kier alpha value is -1.62. The minimum atomic E-state index is -0.509. The number of aliphatic hydroxyl groups excluding tert-OH is 1. The van der Waals surface area contributed by atoms with Gasteiger partial charge < -0.3 is 14.6 Å². The molecule has 122 valence electrons. The molecule has 1 aliphatic heterocycles. The summed E-state index contributed by atoms with van der Waals surface area (Å²) in [6.07, 6.45) is 5.23. The van der Waals surface area contributed by atoms with Gasteiger partial charge in [-0.3, -0.25) is 9.59 Å². The van der Waals surface area contributed by atoms with E-state index in [1.807, 2.05) is 19.9 Å². The second-order valence-electron chi connectivity index (χ2n) is 6.18. The highest BCUT2D eigenvalue weighted by molar-refractivity contribution is 5.75. The number of rotatable bonds is 2. The van der Waals surface area contributed by atoms with Crippen LogP contribution in [0.1, 0.15) is 40.0 Å². The number of fused-ring (bicyclic) bond motifs is 1. The third kappa shape index (κ3) is 3.77. The average molecular weight is 308 g/mol. The number of ether oxygens (including phenoxy) is 2. The van der Waals surface area contributed by atoms with Gasteiger partial charge in [-0.2, -0.15) is 0 Å². The van der Waals surface area contributed by atoms with Crippen molar-refractivity contribution in [3.63, 3.8) is 0 Å². The van der Waals surface area contributed by atoms with E-state index in [1.165, 1.54) is 12.5 Å². The summed E-state index contributed by atoms with van der Waals surface area (Å²) in [5, 5.41) is 9.65. The molecule has 4 atom stereocenters. The van der Waals surface area contributed by atoms with Crippen molar-refractivity contribution in [3.8, 4) is 0 Å². The third-order valence-corrected chi connectivity index (χ3v) is 4.52. The van der Waals surface area contributed by atoms with Crippen LogP contribution in [0.2, 0.25) is 0 Å². The first-order valence-corrected chi connectivity index (χ1v) is 7.77. The van der Waals surface area contributed by atoms with Crippen molar-refractivity contribution in [2.45, 2.75) is 52.2 Å². The highest BCUT2D eigenvalue weighted by Gasteiger charge is 2.41. The maximum absolute atomic E-state index is 11.9. The fraction of sp³-hybridized carbons (Fsp3) is 0.647. The SMILES string of the molecule is CC(=O)O[C@H]1C/C=C(\C)CC[C@@H]2[C@H](C=C1CO)OC(=O)[C@@H]2C. The van der Waals surface area contributed by atoms with Crippen molar-refractivity contribution in [2.24, 2.45) is 11.8 Å². The highest BCUT2D eigenvalue weighted by atomic mass is 16.6. The normalized spacial score (nSPS) is 34.8. The van der Waals surface area contributed by atoms with E-state index in [4.69, 9.17) is 9.47 Å². The summed E-state index contributed by atoms with van der Waals surface area (Å²) in [7, 11) is 0. The quantitative estimate of drug-likeness (QED) is 0.625. The van der Waals surface area contributed by atoms with Gasteiger partial charge in [-0.1, -0.05) is 18.6 Å². The van der Waals surface area contributed by atoms with Crippen molar-refractivity contribution < 1.29 is 24.2 Å². The van der Waals surface area contributed by atoms with Gasteiger partial charge in [0.2, 0.25) is 0 Å². The van der Waals surface area contributed by atoms with Gasteiger partial charge >= 0.3 is 11.9 Å². The first kappa shape index (κ1) is 16.7. The Kier molecular flexibility index (Phi) is 5.40. The second-order valence-corrected chi connectivity index (χ2v) is 6.18. The Balaban J connectivity index is 2.34. The first-order chi connectivity index (χ1) is 10.4. The van der Waals surface area contributed by atoms with E-state index in [9.17, 15) is 14.7 Å². The standard InChI is InChI=1S/C17H24O5/c1-10-4-6-14-11(2)17(20)22-16(14)8-13(9-18)15(7-5-10)21-12(3)19/h5,8,11,14-16,18H,4,6-7,9H2,1-3H3/b10-5+,13-8?/t11-,14+,15+,16+/m1/s1. The van der Waals surface area contributed by atoms with Gasteiger partial charge in [0.05, 0.1) is 12.5 Å². The molecule has 5 heteroatoms. The molecule has 0 aromatic heterocycles. The van der Waals surface area contributed by atoms with Gasteiger partial charge in [0.15, 0.2) is 0 Å². The summed E-state index contributed by atoms with van der Waals surface area (Å²) >= 11 is 0. The van der Waals surface area contributed by atoms with Crippen LogP contribution in [0.3, 0.4) is 0 Å². The zero-order chi connectivity index (χ0) is 16.3. The van der Waals surface area contributed by atoms with Gasteiger partial charge in [0, 0.05) is 19.3 Å². The fourth-order valence-electron chi connectivity index (χ4n) is 3.11. The van der Waals surface area contributed by atoms with Gasteiger partial charge in [0.25, 0.3) is 0 Å². The molecule has 5 nitrogen and oxygen atoms in total. The average Bonchev–Trinajstić information content (AvgIpc) is 2.73. The zero-order valence-corrected chi connectivity index (χ0v) is 13.4. The van der Waals surface area contributed by atoms with Crippen molar-refractivity contribution in [3.05, 3.63) is 23.3 Å². The Morgan fingerprint density at radius 1 is 1.50 bits per heavy atom. The molecule has 0 aromatic rings. The topological polar surface area (TPSA) is 72.8 Å². The van der Waals surface area contributed by atoms with Crippen molar-refractivity contribution in [1.82, 2.24) is 0 Å².